The molecule has 3 rings (SSSR count). The third kappa shape index (κ3) is 3.12. The van der Waals surface area contributed by atoms with Crippen molar-refractivity contribution in [3.63, 3.8) is 0 Å². The van der Waals surface area contributed by atoms with Gasteiger partial charge in [-0.05, 0) is 33.7 Å². The van der Waals surface area contributed by atoms with Crippen molar-refractivity contribution in [3.8, 4) is 11.4 Å². The van der Waals surface area contributed by atoms with Crippen LogP contribution in [0.5, 0.6) is 0 Å². The molecule has 0 spiro atoms. The Kier molecular flexibility index (Phi) is 4.39. The summed E-state index contributed by atoms with van der Waals surface area (Å²) < 4.78 is 0. The summed E-state index contributed by atoms with van der Waals surface area (Å²) in [7, 11) is 0. The van der Waals surface area contributed by atoms with Crippen molar-refractivity contribution in [1.29, 1.82) is 0 Å². The van der Waals surface area contributed by atoms with Gasteiger partial charge in [0.25, 0.3) is 0 Å². The van der Waals surface area contributed by atoms with Crippen LogP contribution < -0.4 is 10.2 Å². The number of rotatable bonds is 2. The van der Waals surface area contributed by atoms with Crippen LogP contribution in [0, 0.1) is 20.8 Å². The van der Waals surface area contributed by atoms with Gasteiger partial charge < -0.3 is 10.2 Å². The zero-order chi connectivity index (χ0) is 15.5. The summed E-state index contributed by atoms with van der Waals surface area (Å²) in [5.41, 5.74) is 4.60. The fourth-order valence-corrected chi connectivity index (χ4v) is 2.81. The molecule has 1 N–H and O–H groups in total. The third-order valence-electron chi connectivity index (χ3n) is 4.31. The van der Waals surface area contributed by atoms with Crippen molar-refractivity contribution in [2.75, 3.05) is 31.1 Å². The van der Waals surface area contributed by atoms with Crippen molar-refractivity contribution >= 4 is 5.82 Å². The number of nitrogens with zero attached hydrogens (tertiary/aromatic N) is 3. The van der Waals surface area contributed by atoms with Gasteiger partial charge in [-0.2, -0.15) is 0 Å². The maximum Gasteiger partial charge on any atom is 0.161 e. The van der Waals surface area contributed by atoms with Crippen molar-refractivity contribution in [1.82, 2.24) is 15.3 Å². The van der Waals surface area contributed by atoms with Crippen LogP contribution >= 0.6 is 0 Å². The average Bonchev–Trinajstić information content (AvgIpc) is 2.80. The minimum atomic E-state index is 0.829. The van der Waals surface area contributed by atoms with Crippen LogP contribution in [-0.2, 0) is 0 Å². The predicted octanol–water partition coefficient (Wildman–Crippen LogP) is 2.87. The lowest BCUT2D eigenvalue weighted by atomic mass is 10.1. The van der Waals surface area contributed by atoms with E-state index in [2.05, 4.69) is 55.3 Å². The van der Waals surface area contributed by atoms with E-state index in [9.17, 15) is 0 Å². The zero-order valence-corrected chi connectivity index (χ0v) is 13.7. The second kappa shape index (κ2) is 6.44. The highest BCUT2D eigenvalue weighted by Crippen LogP contribution is 2.25. The van der Waals surface area contributed by atoms with Gasteiger partial charge in [-0.3, -0.25) is 0 Å². The van der Waals surface area contributed by atoms with E-state index in [1.807, 2.05) is 0 Å². The molecule has 116 valence electrons. The van der Waals surface area contributed by atoms with Crippen LogP contribution in [0.1, 0.15) is 23.2 Å². The molecule has 1 saturated heterocycles. The van der Waals surface area contributed by atoms with Crippen LogP contribution in [0.25, 0.3) is 11.4 Å². The third-order valence-corrected chi connectivity index (χ3v) is 4.31. The Morgan fingerprint density at radius 3 is 2.50 bits per heavy atom. The summed E-state index contributed by atoms with van der Waals surface area (Å²) in [6, 6.07) is 8.44. The van der Waals surface area contributed by atoms with E-state index in [0.717, 1.165) is 55.5 Å². The van der Waals surface area contributed by atoms with Crippen molar-refractivity contribution in [2.24, 2.45) is 0 Å². The first-order valence-corrected chi connectivity index (χ1v) is 8.03. The fourth-order valence-electron chi connectivity index (χ4n) is 2.81. The molecule has 0 saturated carbocycles. The number of aromatic nitrogens is 2. The Bertz CT molecular complexity index is 641. The van der Waals surface area contributed by atoms with E-state index >= 15 is 0 Å². The second-order valence-electron chi connectivity index (χ2n) is 6.04. The number of nitrogens with one attached hydrogen (secondary N) is 1. The number of hydrogen-bond donors (Lipinski definition) is 1. The van der Waals surface area contributed by atoms with E-state index in [1.54, 1.807) is 0 Å². The van der Waals surface area contributed by atoms with Crippen molar-refractivity contribution in [3.05, 3.63) is 41.1 Å². The summed E-state index contributed by atoms with van der Waals surface area (Å²) in [4.78, 5) is 12.0. The topological polar surface area (TPSA) is 41.1 Å². The molecule has 1 aliphatic heterocycles. The molecule has 1 aromatic carbocycles. The first-order chi connectivity index (χ1) is 10.6. The molecule has 2 aromatic rings. The molecule has 0 amide bonds. The van der Waals surface area contributed by atoms with Gasteiger partial charge in [0, 0.05) is 36.5 Å². The van der Waals surface area contributed by atoms with Crippen LogP contribution in [-0.4, -0.2) is 36.1 Å². The molecular formula is C18H24N4. The van der Waals surface area contributed by atoms with Gasteiger partial charge in [0.05, 0.1) is 0 Å². The Morgan fingerprint density at radius 1 is 0.955 bits per heavy atom. The molecule has 0 aliphatic carbocycles. The van der Waals surface area contributed by atoms with Crippen molar-refractivity contribution < 1.29 is 0 Å². The molecule has 1 aliphatic rings. The average molecular weight is 296 g/mol. The number of aryl methyl sites for hydroxylation is 2. The molecule has 2 heterocycles. The van der Waals surface area contributed by atoms with E-state index < -0.39 is 0 Å². The summed E-state index contributed by atoms with van der Waals surface area (Å²) in [6.07, 6.45) is 1.16. The zero-order valence-electron chi connectivity index (χ0n) is 13.7. The predicted molar refractivity (Wildman–Crippen MR) is 91.4 cm³/mol. The maximum absolute atomic E-state index is 4.89. The van der Waals surface area contributed by atoms with Crippen LogP contribution in [0.3, 0.4) is 0 Å². The Hall–Kier alpha value is -1.94. The summed E-state index contributed by atoms with van der Waals surface area (Å²) in [5, 5.41) is 3.45. The molecular weight excluding hydrogens is 272 g/mol. The Labute approximate surface area is 132 Å². The first kappa shape index (κ1) is 15.0. The minimum absolute atomic E-state index is 0.829. The molecule has 0 radical (unpaired) electrons. The van der Waals surface area contributed by atoms with Crippen LogP contribution in [0.4, 0.5) is 5.82 Å². The molecule has 4 heteroatoms. The highest BCUT2D eigenvalue weighted by molar-refractivity contribution is 5.60. The van der Waals surface area contributed by atoms with E-state index in [-0.39, 0.29) is 0 Å². The van der Waals surface area contributed by atoms with Gasteiger partial charge >= 0.3 is 0 Å². The highest BCUT2D eigenvalue weighted by atomic mass is 15.2. The largest absolute Gasteiger partial charge is 0.355 e. The number of hydrogen-bond acceptors (Lipinski definition) is 4. The molecule has 0 bridgehead atoms. The summed E-state index contributed by atoms with van der Waals surface area (Å²) in [6.45, 7) is 10.5. The van der Waals surface area contributed by atoms with Crippen LogP contribution in [0.2, 0.25) is 0 Å². The van der Waals surface area contributed by atoms with Crippen molar-refractivity contribution in [2.45, 2.75) is 27.2 Å². The molecule has 1 fully saturated rings. The SMILES string of the molecule is Cc1ccc(-c2nc(C)c(C)c(N3CCCNCC3)n2)cc1. The van der Waals surface area contributed by atoms with Gasteiger partial charge in [0.1, 0.15) is 5.82 Å². The van der Waals surface area contributed by atoms with Gasteiger partial charge in [0.15, 0.2) is 5.82 Å². The summed E-state index contributed by atoms with van der Waals surface area (Å²) >= 11 is 0. The number of benzene rings is 1. The standard InChI is InChI=1S/C18H24N4/c1-13-5-7-16(8-6-13)17-20-15(3)14(2)18(21-17)22-11-4-9-19-10-12-22/h5-8,19H,4,9-12H2,1-3H3. The lowest BCUT2D eigenvalue weighted by Gasteiger charge is -2.24. The minimum Gasteiger partial charge on any atom is -0.355 e. The first-order valence-electron chi connectivity index (χ1n) is 8.03. The monoisotopic (exact) mass is 296 g/mol. The van der Waals surface area contributed by atoms with E-state index in [0.29, 0.717) is 0 Å². The summed E-state index contributed by atoms with van der Waals surface area (Å²) in [5.74, 6) is 1.92. The van der Waals surface area contributed by atoms with Gasteiger partial charge in [-0.25, -0.2) is 9.97 Å². The Balaban J connectivity index is 2.00. The van der Waals surface area contributed by atoms with Gasteiger partial charge in [-0.1, -0.05) is 29.8 Å². The van der Waals surface area contributed by atoms with Gasteiger partial charge in [0.2, 0.25) is 0 Å². The van der Waals surface area contributed by atoms with Crippen LogP contribution in [0.15, 0.2) is 24.3 Å². The molecule has 4 nitrogen and oxygen atoms in total. The highest BCUT2D eigenvalue weighted by Gasteiger charge is 2.17. The number of anilines is 1. The second-order valence-corrected chi connectivity index (χ2v) is 6.04. The fraction of sp³-hybridized carbons (Fsp3) is 0.444. The lowest BCUT2D eigenvalue weighted by Crippen LogP contribution is -2.29. The maximum atomic E-state index is 4.89. The Morgan fingerprint density at radius 2 is 1.73 bits per heavy atom. The quantitative estimate of drug-likeness (QED) is 0.925. The van der Waals surface area contributed by atoms with E-state index in [1.165, 1.54) is 11.1 Å². The lowest BCUT2D eigenvalue weighted by molar-refractivity contribution is 0.724. The smallest absolute Gasteiger partial charge is 0.161 e. The van der Waals surface area contributed by atoms with Gasteiger partial charge in [-0.15, -0.1) is 0 Å². The molecule has 22 heavy (non-hydrogen) atoms. The molecule has 0 atom stereocenters. The molecule has 1 aromatic heterocycles. The van der Waals surface area contributed by atoms with E-state index in [4.69, 9.17) is 9.97 Å². The normalized spacial score (nSPS) is 15.7. The molecule has 0 unspecified atom stereocenters.